The molecular weight excluding hydrogens is 348 g/mol. The lowest BCUT2D eigenvalue weighted by Crippen LogP contribution is -2.21. The highest BCUT2D eigenvalue weighted by molar-refractivity contribution is 5.64. The number of aryl methyl sites for hydroxylation is 1. The summed E-state index contributed by atoms with van der Waals surface area (Å²) in [5, 5.41) is 8.77. The summed E-state index contributed by atoms with van der Waals surface area (Å²) in [4.78, 5) is 16.3. The molecule has 5 heteroatoms. The molecule has 0 aliphatic heterocycles. The van der Waals surface area contributed by atoms with Gasteiger partial charge in [0.05, 0.1) is 11.8 Å². The van der Waals surface area contributed by atoms with Crippen molar-refractivity contribution in [1.29, 1.82) is 5.26 Å². The summed E-state index contributed by atoms with van der Waals surface area (Å²) in [6.45, 7) is 0. The quantitative estimate of drug-likeness (QED) is 0.741. The molecule has 0 bridgehead atoms. The van der Waals surface area contributed by atoms with Crippen molar-refractivity contribution in [1.82, 2.24) is 9.55 Å². The molecule has 2 atom stereocenters. The van der Waals surface area contributed by atoms with Gasteiger partial charge in [0.1, 0.15) is 0 Å². The first-order valence-electron chi connectivity index (χ1n) is 9.46. The van der Waals surface area contributed by atoms with Crippen molar-refractivity contribution in [2.24, 2.45) is 7.05 Å². The van der Waals surface area contributed by atoms with Crippen LogP contribution in [-0.2, 0) is 13.5 Å². The van der Waals surface area contributed by atoms with E-state index in [9.17, 15) is 4.79 Å². The van der Waals surface area contributed by atoms with Gasteiger partial charge in [-0.1, -0.05) is 48.5 Å². The Labute approximate surface area is 164 Å². The van der Waals surface area contributed by atoms with Crippen LogP contribution >= 0.6 is 0 Å². The number of aromatic nitrogens is 2. The number of benzene rings is 2. The number of rotatable bonds is 5. The molecule has 1 aliphatic carbocycles. The first-order chi connectivity index (χ1) is 13.6. The van der Waals surface area contributed by atoms with E-state index in [-0.39, 0.29) is 17.4 Å². The van der Waals surface area contributed by atoms with E-state index in [4.69, 9.17) is 11.0 Å². The summed E-state index contributed by atoms with van der Waals surface area (Å²) in [6.07, 6.45) is 2.30. The number of hydrogen-bond acceptors (Lipinski definition) is 4. The van der Waals surface area contributed by atoms with Crippen LogP contribution in [0.5, 0.6) is 0 Å². The Morgan fingerprint density at radius 2 is 1.93 bits per heavy atom. The van der Waals surface area contributed by atoms with Gasteiger partial charge in [0.15, 0.2) is 0 Å². The van der Waals surface area contributed by atoms with Crippen molar-refractivity contribution in [3.8, 4) is 17.2 Å². The van der Waals surface area contributed by atoms with Crippen LogP contribution in [0.25, 0.3) is 11.1 Å². The van der Waals surface area contributed by atoms with Crippen LogP contribution in [0.3, 0.4) is 0 Å². The SMILES string of the molecule is Cn1c(N)nc(C2CC2c2ccc(-c3cccc(CCC#N)c3)cc2)cc1=O. The summed E-state index contributed by atoms with van der Waals surface area (Å²) in [5.74, 6) is 0.908. The van der Waals surface area contributed by atoms with E-state index >= 15 is 0 Å². The van der Waals surface area contributed by atoms with E-state index in [1.54, 1.807) is 13.1 Å². The van der Waals surface area contributed by atoms with Crippen molar-refractivity contribution in [2.45, 2.75) is 31.1 Å². The van der Waals surface area contributed by atoms with Crippen LogP contribution < -0.4 is 11.3 Å². The lowest BCUT2D eigenvalue weighted by molar-refractivity contribution is 0.813. The maximum absolute atomic E-state index is 12.0. The van der Waals surface area contributed by atoms with Gasteiger partial charge < -0.3 is 5.73 Å². The molecule has 0 spiro atoms. The zero-order chi connectivity index (χ0) is 19.7. The molecule has 28 heavy (non-hydrogen) atoms. The predicted molar refractivity (Wildman–Crippen MR) is 110 cm³/mol. The number of nitriles is 1. The molecule has 2 N–H and O–H groups in total. The first kappa shape index (κ1) is 18.0. The number of nitrogens with zero attached hydrogens (tertiary/aromatic N) is 3. The molecule has 0 amide bonds. The van der Waals surface area contributed by atoms with Gasteiger partial charge in [-0.05, 0) is 41.0 Å². The lowest BCUT2D eigenvalue weighted by atomic mass is 9.99. The van der Waals surface area contributed by atoms with Crippen molar-refractivity contribution in [2.75, 3.05) is 5.73 Å². The summed E-state index contributed by atoms with van der Waals surface area (Å²) in [7, 11) is 1.63. The third kappa shape index (κ3) is 3.54. The number of nitrogens with two attached hydrogens (primary N) is 1. The monoisotopic (exact) mass is 370 g/mol. The van der Waals surface area contributed by atoms with Crippen molar-refractivity contribution in [3.05, 3.63) is 81.8 Å². The maximum atomic E-state index is 12.0. The van der Waals surface area contributed by atoms with E-state index in [0.717, 1.165) is 29.7 Å². The highest BCUT2D eigenvalue weighted by atomic mass is 16.1. The van der Waals surface area contributed by atoms with Crippen LogP contribution in [0, 0.1) is 11.3 Å². The van der Waals surface area contributed by atoms with Crippen molar-refractivity contribution >= 4 is 5.95 Å². The minimum absolute atomic E-state index is 0.111. The molecular formula is C23H22N4O. The normalized spacial score (nSPS) is 17.9. The summed E-state index contributed by atoms with van der Waals surface area (Å²) < 4.78 is 1.36. The van der Waals surface area contributed by atoms with Gasteiger partial charge in [-0.3, -0.25) is 9.36 Å². The fourth-order valence-corrected chi connectivity index (χ4v) is 3.69. The summed E-state index contributed by atoms with van der Waals surface area (Å²) in [5.41, 5.74) is 11.3. The minimum atomic E-state index is -0.111. The number of nitrogen functional groups attached to an aromatic ring is 1. The highest BCUT2D eigenvalue weighted by Crippen LogP contribution is 2.54. The number of anilines is 1. The smallest absolute Gasteiger partial charge is 0.254 e. The van der Waals surface area contributed by atoms with Crippen LogP contribution in [0.15, 0.2) is 59.4 Å². The Kier molecular flexibility index (Phi) is 4.70. The Hall–Kier alpha value is -3.39. The first-order valence-corrected chi connectivity index (χ1v) is 9.46. The zero-order valence-corrected chi connectivity index (χ0v) is 15.8. The minimum Gasteiger partial charge on any atom is -0.369 e. The Morgan fingerprint density at radius 1 is 1.14 bits per heavy atom. The van der Waals surface area contributed by atoms with Gasteiger partial charge in [-0.25, -0.2) is 4.98 Å². The fourth-order valence-electron chi connectivity index (χ4n) is 3.69. The Morgan fingerprint density at radius 3 is 2.64 bits per heavy atom. The summed E-state index contributed by atoms with van der Waals surface area (Å²) in [6, 6.07) is 20.7. The van der Waals surface area contributed by atoms with Gasteiger partial charge >= 0.3 is 0 Å². The van der Waals surface area contributed by atoms with E-state index in [1.165, 1.54) is 15.7 Å². The molecule has 140 valence electrons. The van der Waals surface area contributed by atoms with E-state index < -0.39 is 0 Å². The molecule has 0 saturated heterocycles. The molecule has 3 aromatic rings. The lowest BCUT2D eigenvalue weighted by Gasteiger charge is -2.07. The molecule has 5 nitrogen and oxygen atoms in total. The topological polar surface area (TPSA) is 84.7 Å². The van der Waals surface area contributed by atoms with Crippen LogP contribution in [0.1, 0.15) is 41.5 Å². The maximum Gasteiger partial charge on any atom is 0.254 e. The fraction of sp³-hybridized carbons (Fsp3) is 0.261. The van der Waals surface area contributed by atoms with Crippen molar-refractivity contribution < 1.29 is 0 Å². The van der Waals surface area contributed by atoms with Gasteiger partial charge in [0.25, 0.3) is 5.56 Å². The third-order valence-corrected chi connectivity index (χ3v) is 5.48. The molecule has 1 aromatic heterocycles. The molecule has 1 saturated carbocycles. The Bertz CT molecular complexity index is 1110. The van der Waals surface area contributed by atoms with E-state index in [0.29, 0.717) is 12.3 Å². The van der Waals surface area contributed by atoms with E-state index in [1.807, 2.05) is 6.07 Å². The third-order valence-electron chi connectivity index (χ3n) is 5.48. The molecule has 1 aliphatic rings. The molecule has 1 fully saturated rings. The second-order valence-electron chi connectivity index (χ2n) is 7.37. The zero-order valence-electron chi connectivity index (χ0n) is 15.8. The standard InChI is InChI=1S/C23H22N4O/c1-27-22(28)14-21(26-23(27)25)20-13-19(20)17-9-7-16(8-10-17)18-6-2-4-15(12-18)5-3-11-24/h2,4,6-10,12,14,19-20H,3,5,13H2,1H3,(H2,25,26). The second kappa shape index (κ2) is 7.32. The molecule has 0 radical (unpaired) electrons. The molecule has 2 aromatic carbocycles. The molecule has 2 unspecified atom stereocenters. The van der Waals surface area contributed by atoms with Crippen LogP contribution in [0.4, 0.5) is 5.95 Å². The largest absolute Gasteiger partial charge is 0.369 e. The Balaban J connectivity index is 1.51. The highest BCUT2D eigenvalue weighted by Gasteiger charge is 2.41. The average Bonchev–Trinajstić information content (AvgIpc) is 3.51. The summed E-state index contributed by atoms with van der Waals surface area (Å²) >= 11 is 0. The van der Waals surface area contributed by atoms with Gasteiger partial charge in [-0.15, -0.1) is 0 Å². The predicted octanol–water partition coefficient (Wildman–Crippen LogP) is 3.76. The number of hydrogen-bond donors (Lipinski definition) is 1. The molecule has 1 heterocycles. The average molecular weight is 370 g/mol. The van der Waals surface area contributed by atoms with Gasteiger partial charge in [-0.2, -0.15) is 5.26 Å². The van der Waals surface area contributed by atoms with Crippen LogP contribution in [0.2, 0.25) is 0 Å². The molecule has 4 rings (SSSR count). The van der Waals surface area contributed by atoms with Gasteiger partial charge in [0.2, 0.25) is 5.95 Å². The van der Waals surface area contributed by atoms with Crippen LogP contribution in [-0.4, -0.2) is 9.55 Å². The van der Waals surface area contributed by atoms with E-state index in [2.05, 4.69) is 53.5 Å². The second-order valence-corrected chi connectivity index (χ2v) is 7.37. The van der Waals surface area contributed by atoms with Crippen molar-refractivity contribution in [3.63, 3.8) is 0 Å². The van der Waals surface area contributed by atoms with Gasteiger partial charge in [0, 0.05) is 25.5 Å².